The number of hydrogen-bond acceptors (Lipinski definition) is 5. The maximum atomic E-state index is 12.4. The highest BCUT2D eigenvalue weighted by atomic mass is 19.4. The molecule has 0 aliphatic carbocycles. The zero-order valence-electron chi connectivity index (χ0n) is 12.2. The van der Waals surface area contributed by atoms with E-state index in [0.29, 0.717) is 24.4 Å². The molecule has 1 fully saturated rings. The Kier molecular flexibility index (Phi) is 5.49. The molecule has 1 aromatic rings. The van der Waals surface area contributed by atoms with Crippen molar-refractivity contribution in [2.45, 2.75) is 12.4 Å². The number of benzene rings is 1. The summed E-state index contributed by atoms with van der Waals surface area (Å²) in [7, 11) is 1.44. The van der Waals surface area contributed by atoms with Crippen molar-refractivity contribution in [3.8, 4) is 11.5 Å². The minimum atomic E-state index is -4.75. The highest BCUT2D eigenvalue weighted by Gasteiger charge is 2.32. The maximum absolute atomic E-state index is 12.4. The number of aliphatic hydroxyl groups is 1. The Morgan fingerprint density at radius 3 is 2.55 bits per heavy atom. The van der Waals surface area contributed by atoms with Crippen LogP contribution in [-0.2, 0) is 0 Å². The quantitative estimate of drug-likeness (QED) is 0.862. The number of halogens is 3. The van der Waals surface area contributed by atoms with Gasteiger partial charge in [-0.3, -0.25) is 4.90 Å². The Bertz CT molecular complexity index is 491. The van der Waals surface area contributed by atoms with E-state index < -0.39 is 12.4 Å². The summed E-state index contributed by atoms with van der Waals surface area (Å²) in [6.45, 7) is 2.69. The van der Waals surface area contributed by atoms with Crippen LogP contribution in [0.15, 0.2) is 18.2 Å². The van der Waals surface area contributed by atoms with E-state index in [9.17, 15) is 18.3 Å². The van der Waals surface area contributed by atoms with Crippen molar-refractivity contribution in [1.29, 1.82) is 0 Å². The second kappa shape index (κ2) is 7.17. The second-order valence-corrected chi connectivity index (χ2v) is 4.94. The molecule has 0 bridgehead atoms. The summed E-state index contributed by atoms with van der Waals surface area (Å²) in [4.78, 5) is 2.01. The van der Waals surface area contributed by atoms with E-state index >= 15 is 0 Å². The van der Waals surface area contributed by atoms with Gasteiger partial charge in [-0.2, -0.15) is 0 Å². The zero-order valence-corrected chi connectivity index (χ0v) is 12.2. The monoisotopic (exact) mass is 320 g/mol. The zero-order chi connectivity index (χ0) is 16.2. The predicted molar refractivity (Wildman–Crippen MR) is 73.9 cm³/mol. The van der Waals surface area contributed by atoms with Crippen LogP contribution < -0.4 is 14.8 Å². The van der Waals surface area contributed by atoms with Gasteiger partial charge in [0.15, 0.2) is 0 Å². The van der Waals surface area contributed by atoms with E-state index in [4.69, 9.17) is 4.74 Å². The van der Waals surface area contributed by atoms with Crippen LogP contribution in [0.5, 0.6) is 11.5 Å². The summed E-state index contributed by atoms with van der Waals surface area (Å²) in [6, 6.07) is 3.45. The second-order valence-electron chi connectivity index (χ2n) is 4.94. The van der Waals surface area contributed by atoms with E-state index in [0.717, 1.165) is 13.1 Å². The van der Waals surface area contributed by atoms with Gasteiger partial charge in [-0.05, 0) is 18.2 Å². The standard InChI is InChI=1S/C14H19F3N2O3/c1-21-13-3-2-10(22-14(15,16)17)8-11(13)12(9-20)19-6-4-18-5-7-19/h2-3,8,12,18,20H,4-7,9H2,1H3/t12-/m1/s1. The smallest absolute Gasteiger partial charge is 0.496 e. The third-order valence-electron chi connectivity index (χ3n) is 3.56. The fourth-order valence-corrected chi connectivity index (χ4v) is 2.57. The number of ether oxygens (including phenoxy) is 2. The molecule has 1 aliphatic rings. The summed E-state index contributed by atoms with van der Waals surface area (Å²) in [6.07, 6.45) is -4.75. The van der Waals surface area contributed by atoms with Crippen LogP contribution >= 0.6 is 0 Å². The van der Waals surface area contributed by atoms with Gasteiger partial charge in [-0.1, -0.05) is 0 Å². The summed E-state index contributed by atoms with van der Waals surface area (Å²) < 4.78 is 46.3. The lowest BCUT2D eigenvalue weighted by molar-refractivity contribution is -0.274. The van der Waals surface area contributed by atoms with E-state index in [1.54, 1.807) is 0 Å². The third-order valence-corrected chi connectivity index (χ3v) is 3.56. The van der Waals surface area contributed by atoms with Crippen molar-refractivity contribution in [3.63, 3.8) is 0 Å². The van der Waals surface area contributed by atoms with Crippen LogP contribution in [0.25, 0.3) is 0 Å². The number of piperazine rings is 1. The first-order chi connectivity index (χ1) is 10.4. The molecule has 124 valence electrons. The highest BCUT2D eigenvalue weighted by Crippen LogP contribution is 2.34. The summed E-state index contributed by atoms with van der Waals surface area (Å²) >= 11 is 0. The topological polar surface area (TPSA) is 54.0 Å². The molecule has 2 N–H and O–H groups in total. The van der Waals surface area contributed by atoms with Gasteiger partial charge in [0.1, 0.15) is 11.5 Å². The average Bonchev–Trinajstić information content (AvgIpc) is 2.48. The molecule has 0 unspecified atom stereocenters. The molecular formula is C14H19F3N2O3. The number of hydrogen-bond donors (Lipinski definition) is 2. The first kappa shape index (κ1) is 16.9. The van der Waals surface area contributed by atoms with Crippen molar-refractivity contribution >= 4 is 0 Å². The van der Waals surface area contributed by atoms with Crippen molar-refractivity contribution < 1.29 is 27.8 Å². The van der Waals surface area contributed by atoms with Gasteiger partial charge in [-0.25, -0.2) is 0 Å². The molecule has 22 heavy (non-hydrogen) atoms. The summed E-state index contributed by atoms with van der Waals surface area (Å²) in [5, 5.41) is 12.9. The van der Waals surface area contributed by atoms with Gasteiger partial charge >= 0.3 is 6.36 Å². The SMILES string of the molecule is COc1ccc(OC(F)(F)F)cc1[C@@H](CO)N1CCNCC1. The molecule has 2 rings (SSSR count). The van der Waals surface area contributed by atoms with Gasteiger partial charge in [0, 0.05) is 31.7 Å². The first-order valence-corrected chi connectivity index (χ1v) is 6.94. The molecule has 0 spiro atoms. The Morgan fingerprint density at radius 2 is 2.00 bits per heavy atom. The van der Waals surface area contributed by atoms with Gasteiger partial charge in [-0.15, -0.1) is 13.2 Å². The summed E-state index contributed by atoms with van der Waals surface area (Å²) in [5.41, 5.74) is 0.480. The van der Waals surface area contributed by atoms with Crippen LogP contribution in [0.1, 0.15) is 11.6 Å². The predicted octanol–water partition coefficient (Wildman–Crippen LogP) is 1.53. The van der Waals surface area contributed by atoms with Crippen LogP contribution in [-0.4, -0.2) is 56.3 Å². The lowest BCUT2D eigenvalue weighted by Gasteiger charge is -2.34. The normalized spacial score (nSPS) is 18.0. The first-order valence-electron chi connectivity index (χ1n) is 6.94. The molecule has 1 heterocycles. The van der Waals surface area contributed by atoms with Crippen molar-refractivity contribution in [2.75, 3.05) is 39.9 Å². The van der Waals surface area contributed by atoms with E-state index in [1.807, 2.05) is 4.90 Å². The van der Waals surface area contributed by atoms with Crippen molar-refractivity contribution in [2.24, 2.45) is 0 Å². The van der Waals surface area contributed by atoms with E-state index in [2.05, 4.69) is 10.1 Å². The minimum Gasteiger partial charge on any atom is -0.496 e. The molecule has 1 atom stereocenters. The fourth-order valence-electron chi connectivity index (χ4n) is 2.57. The Morgan fingerprint density at radius 1 is 1.32 bits per heavy atom. The number of methoxy groups -OCH3 is 1. The Balaban J connectivity index is 2.30. The molecule has 1 aliphatic heterocycles. The lowest BCUT2D eigenvalue weighted by atomic mass is 10.0. The number of nitrogens with zero attached hydrogens (tertiary/aromatic N) is 1. The van der Waals surface area contributed by atoms with Gasteiger partial charge < -0.3 is 19.9 Å². The molecular weight excluding hydrogens is 301 g/mol. The van der Waals surface area contributed by atoms with Gasteiger partial charge in [0.2, 0.25) is 0 Å². The summed E-state index contributed by atoms with van der Waals surface area (Å²) in [5.74, 6) is 0.101. The van der Waals surface area contributed by atoms with Gasteiger partial charge in [0.05, 0.1) is 19.8 Å². The number of alkyl halides is 3. The molecule has 1 saturated heterocycles. The minimum absolute atomic E-state index is 0.216. The number of aliphatic hydroxyl groups excluding tert-OH is 1. The van der Waals surface area contributed by atoms with Crippen LogP contribution in [0.4, 0.5) is 13.2 Å². The molecule has 0 saturated carbocycles. The average molecular weight is 320 g/mol. The molecule has 1 aromatic carbocycles. The largest absolute Gasteiger partial charge is 0.573 e. The third kappa shape index (κ3) is 4.25. The lowest BCUT2D eigenvalue weighted by Crippen LogP contribution is -2.46. The molecule has 8 heteroatoms. The van der Waals surface area contributed by atoms with Gasteiger partial charge in [0.25, 0.3) is 0 Å². The van der Waals surface area contributed by atoms with Crippen molar-refractivity contribution in [3.05, 3.63) is 23.8 Å². The van der Waals surface area contributed by atoms with Crippen LogP contribution in [0.3, 0.4) is 0 Å². The Labute approximate surface area is 126 Å². The van der Waals surface area contributed by atoms with E-state index in [1.165, 1.54) is 25.3 Å². The molecule has 0 radical (unpaired) electrons. The number of rotatable bonds is 5. The fraction of sp³-hybridized carbons (Fsp3) is 0.571. The maximum Gasteiger partial charge on any atom is 0.573 e. The molecule has 0 aromatic heterocycles. The highest BCUT2D eigenvalue weighted by molar-refractivity contribution is 5.42. The molecule has 5 nitrogen and oxygen atoms in total. The van der Waals surface area contributed by atoms with E-state index in [-0.39, 0.29) is 12.4 Å². The number of nitrogens with one attached hydrogen (secondary N) is 1. The Hall–Kier alpha value is -1.51. The molecule has 0 amide bonds. The van der Waals surface area contributed by atoms with Crippen LogP contribution in [0.2, 0.25) is 0 Å². The van der Waals surface area contributed by atoms with Crippen molar-refractivity contribution in [1.82, 2.24) is 10.2 Å². The van der Waals surface area contributed by atoms with Crippen LogP contribution in [0, 0.1) is 0 Å².